The molecule has 23 heavy (non-hydrogen) atoms. The molecule has 0 bridgehead atoms. The van der Waals surface area contributed by atoms with E-state index in [0.717, 1.165) is 9.37 Å². The van der Waals surface area contributed by atoms with Crippen molar-refractivity contribution < 1.29 is 19.4 Å². The van der Waals surface area contributed by atoms with E-state index in [9.17, 15) is 20.0 Å². The van der Waals surface area contributed by atoms with E-state index in [-0.39, 0.29) is 13.0 Å². The Bertz CT molecular complexity index is 655. The lowest BCUT2D eigenvalue weighted by Crippen LogP contribution is -2.57. The molecule has 1 aromatic rings. The first-order chi connectivity index (χ1) is 10.9. The monoisotopic (exact) mass is 380 g/mol. The summed E-state index contributed by atoms with van der Waals surface area (Å²) >= 11 is 3.33. The van der Waals surface area contributed by atoms with Crippen molar-refractivity contribution in [3.63, 3.8) is 0 Å². The Morgan fingerprint density at radius 3 is 2.57 bits per heavy atom. The molecule has 1 aromatic carbocycles. The van der Waals surface area contributed by atoms with Crippen molar-refractivity contribution in [2.75, 3.05) is 6.61 Å². The molecule has 122 valence electrons. The number of nitriles is 1. The highest BCUT2D eigenvalue weighted by Gasteiger charge is 2.61. The van der Waals surface area contributed by atoms with Crippen LogP contribution < -0.4 is 0 Å². The maximum atomic E-state index is 12.6. The summed E-state index contributed by atoms with van der Waals surface area (Å²) in [4.78, 5) is 25.4. The van der Waals surface area contributed by atoms with Crippen LogP contribution in [0.3, 0.4) is 0 Å². The molecule has 1 heterocycles. The molecule has 1 amide bonds. The normalized spacial score (nSPS) is 26.7. The molecule has 1 saturated heterocycles. The number of halogens is 1. The summed E-state index contributed by atoms with van der Waals surface area (Å²) in [6.45, 7) is 2.93. The molecule has 2 rings (SSSR count). The number of esters is 1. The molecule has 7 heteroatoms. The van der Waals surface area contributed by atoms with Gasteiger partial charge >= 0.3 is 5.97 Å². The van der Waals surface area contributed by atoms with Crippen LogP contribution in [0.1, 0.15) is 31.7 Å². The van der Waals surface area contributed by atoms with E-state index in [1.165, 1.54) is 6.92 Å². The minimum atomic E-state index is -1.87. The number of hydrogen-bond acceptors (Lipinski definition) is 5. The summed E-state index contributed by atoms with van der Waals surface area (Å²) in [5, 5.41) is 20.0. The van der Waals surface area contributed by atoms with Gasteiger partial charge in [-0.25, -0.2) is 4.79 Å². The van der Waals surface area contributed by atoms with Gasteiger partial charge in [0.05, 0.1) is 6.61 Å². The zero-order valence-electron chi connectivity index (χ0n) is 12.8. The number of carbonyl (C=O) groups is 2. The molecule has 0 aromatic heterocycles. The second kappa shape index (κ2) is 6.69. The topological polar surface area (TPSA) is 90.6 Å². The number of aliphatic hydroxyl groups is 1. The van der Waals surface area contributed by atoms with Crippen molar-refractivity contribution in [2.24, 2.45) is 0 Å². The van der Waals surface area contributed by atoms with Crippen LogP contribution in [-0.4, -0.2) is 40.3 Å². The maximum Gasteiger partial charge on any atom is 0.347 e. The third-order valence-electron chi connectivity index (χ3n) is 4.00. The van der Waals surface area contributed by atoms with Crippen LogP contribution in [0.25, 0.3) is 0 Å². The average Bonchev–Trinajstić information content (AvgIpc) is 2.82. The number of rotatable bonds is 3. The van der Waals surface area contributed by atoms with Crippen molar-refractivity contribution in [2.45, 2.75) is 38.0 Å². The van der Waals surface area contributed by atoms with E-state index in [4.69, 9.17) is 4.74 Å². The zero-order chi connectivity index (χ0) is 17.2. The first-order valence-electron chi connectivity index (χ1n) is 7.20. The summed E-state index contributed by atoms with van der Waals surface area (Å²) in [5.41, 5.74) is -1.18. The van der Waals surface area contributed by atoms with Gasteiger partial charge in [-0.15, -0.1) is 0 Å². The summed E-state index contributed by atoms with van der Waals surface area (Å²) in [7, 11) is 0. The largest absolute Gasteiger partial charge is 0.463 e. The van der Waals surface area contributed by atoms with Crippen LogP contribution >= 0.6 is 15.9 Å². The van der Waals surface area contributed by atoms with Crippen LogP contribution in [0, 0.1) is 11.3 Å². The van der Waals surface area contributed by atoms with Gasteiger partial charge in [0.2, 0.25) is 11.4 Å². The Kier molecular flexibility index (Phi) is 5.07. The van der Waals surface area contributed by atoms with E-state index < -0.39 is 29.6 Å². The summed E-state index contributed by atoms with van der Waals surface area (Å²) in [5.74, 6) is -2.03. The van der Waals surface area contributed by atoms with E-state index in [0.29, 0.717) is 5.56 Å². The number of benzene rings is 1. The standard InChI is InChI=1S/C16H17BrN2O4/c1-3-23-15(22)16(9-18)13(8-14(21)19(16)10(2)20)11-4-6-12(17)7-5-11/h4-7,13-14,21H,3,8H2,1-2H3/t13-,14+,16+/m0/s1. The second-order valence-corrected chi connectivity index (χ2v) is 6.22. The number of ether oxygens (including phenoxy) is 1. The van der Waals surface area contributed by atoms with Gasteiger partial charge in [-0.1, -0.05) is 28.1 Å². The molecule has 1 N–H and O–H groups in total. The lowest BCUT2D eigenvalue weighted by Gasteiger charge is -2.34. The summed E-state index contributed by atoms with van der Waals surface area (Å²) in [6, 6.07) is 9.03. The quantitative estimate of drug-likeness (QED) is 0.808. The molecule has 1 aliphatic heterocycles. The summed E-state index contributed by atoms with van der Waals surface area (Å²) in [6.07, 6.45) is -1.13. The number of amides is 1. The number of hydrogen-bond donors (Lipinski definition) is 1. The molecule has 0 unspecified atom stereocenters. The van der Waals surface area contributed by atoms with Crippen molar-refractivity contribution in [1.82, 2.24) is 4.90 Å². The van der Waals surface area contributed by atoms with Crippen LogP contribution in [0.5, 0.6) is 0 Å². The molecular weight excluding hydrogens is 364 g/mol. The zero-order valence-corrected chi connectivity index (χ0v) is 14.4. The maximum absolute atomic E-state index is 12.6. The SMILES string of the molecule is CCOC(=O)[C@@]1(C#N)[C@H](c2ccc(Br)cc2)C[C@@H](O)N1C(C)=O. The Morgan fingerprint density at radius 2 is 2.09 bits per heavy atom. The van der Waals surface area contributed by atoms with Gasteiger partial charge < -0.3 is 9.84 Å². The van der Waals surface area contributed by atoms with Crippen LogP contribution in [0.4, 0.5) is 0 Å². The molecule has 0 saturated carbocycles. The minimum Gasteiger partial charge on any atom is -0.463 e. The van der Waals surface area contributed by atoms with E-state index in [2.05, 4.69) is 15.9 Å². The molecule has 0 spiro atoms. The highest BCUT2D eigenvalue weighted by molar-refractivity contribution is 9.10. The summed E-state index contributed by atoms with van der Waals surface area (Å²) < 4.78 is 5.90. The fraction of sp³-hybridized carbons (Fsp3) is 0.438. The predicted octanol–water partition coefficient (Wildman–Crippen LogP) is 1.93. The van der Waals surface area contributed by atoms with Gasteiger partial charge in [0.1, 0.15) is 12.3 Å². The first-order valence-corrected chi connectivity index (χ1v) is 7.99. The van der Waals surface area contributed by atoms with Crippen molar-refractivity contribution in [3.8, 4) is 6.07 Å². The van der Waals surface area contributed by atoms with Crippen LogP contribution in [-0.2, 0) is 14.3 Å². The number of carbonyl (C=O) groups excluding carboxylic acids is 2. The van der Waals surface area contributed by atoms with E-state index >= 15 is 0 Å². The number of aliphatic hydroxyl groups excluding tert-OH is 1. The molecular formula is C16H17BrN2O4. The number of nitrogens with zero attached hydrogens (tertiary/aromatic N) is 2. The second-order valence-electron chi connectivity index (χ2n) is 5.31. The fourth-order valence-electron chi connectivity index (χ4n) is 3.08. The van der Waals surface area contributed by atoms with Crippen molar-refractivity contribution >= 4 is 27.8 Å². The van der Waals surface area contributed by atoms with Crippen LogP contribution in [0.15, 0.2) is 28.7 Å². The fourth-order valence-corrected chi connectivity index (χ4v) is 3.34. The lowest BCUT2D eigenvalue weighted by atomic mass is 9.80. The van der Waals surface area contributed by atoms with Gasteiger partial charge in [0, 0.05) is 23.7 Å². The Labute approximate surface area is 142 Å². The third kappa shape index (κ3) is 2.84. The lowest BCUT2D eigenvalue weighted by molar-refractivity contribution is -0.163. The molecule has 1 aliphatic rings. The Hall–Kier alpha value is -1.91. The van der Waals surface area contributed by atoms with Crippen LogP contribution in [0.2, 0.25) is 0 Å². The highest BCUT2D eigenvalue weighted by Crippen LogP contribution is 2.45. The molecule has 3 atom stereocenters. The van der Waals surface area contributed by atoms with Crippen molar-refractivity contribution in [3.05, 3.63) is 34.3 Å². The first kappa shape index (κ1) is 17.4. The Morgan fingerprint density at radius 1 is 1.48 bits per heavy atom. The number of likely N-dealkylation sites (tertiary alicyclic amines) is 1. The van der Waals surface area contributed by atoms with Gasteiger partial charge in [-0.2, -0.15) is 5.26 Å². The molecule has 1 fully saturated rings. The smallest absolute Gasteiger partial charge is 0.347 e. The third-order valence-corrected chi connectivity index (χ3v) is 4.53. The molecule has 0 aliphatic carbocycles. The molecule has 0 radical (unpaired) electrons. The average molecular weight is 381 g/mol. The predicted molar refractivity (Wildman–Crippen MR) is 85.0 cm³/mol. The highest BCUT2D eigenvalue weighted by atomic mass is 79.9. The van der Waals surface area contributed by atoms with Gasteiger partial charge in [0.25, 0.3) is 0 Å². The van der Waals surface area contributed by atoms with E-state index in [1.54, 1.807) is 31.2 Å². The van der Waals surface area contributed by atoms with Gasteiger partial charge in [0.15, 0.2) is 0 Å². The van der Waals surface area contributed by atoms with Gasteiger partial charge in [-0.05, 0) is 24.6 Å². The van der Waals surface area contributed by atoms with Gasteiger partial charge in [-0.3, -0.25) is 9.69 Å². The minimum absolute atomic E-state index is 0.0805. The van der Waals surface area contributed by atoms with E-state index in [1.807, 2.05) is 6.07 Å². The van der Waals surface area contributed by atoms with Crippen molar-refractivity contribution in [1.29, 1.82) is 5.26 Å². The molecule has 6 nitrogen and oxygen atoms in total. The Balaban J connectivity index is 2.59.